The van der Waals surface area contributed by atoms with Gasteiger partial charge in [0.2, 0.25) is 23.6 Å². The summed E-state index contributed by atoms with van der Waals surface area (Å²) in [5, 5.41) is 32.9. The molecule has 18 nitrogen and oxygen atoms in total. The molecule has 430 valence electrons. The van der Waals surface area contributed by atoms with Crippen LogP contribution < -0.4 is 32.3 Å². The molecule has 2 heterocycles. The van der Waals surface area contributed by atoms with Gasteiger partial charge >= 0.3 is 17.9 Å². The van der Waals surface area contributed by atoms with Gasteiger partial charge in [-0.25, -0.2) is 4.79 Å². The lowest BCUT2D eigenvalue weighted by atomic mass is 9.93. The van der Waals surface area contributed by atoms with Crippen LogP contribution >= 0.6 is 0 Å². The highest BCUT2D eigenvalue weighted by Crippen LogP contribution is 2.29. The van der Waals surface area contributed by atoms with Crippen molar-refractivity contribution in [2.45, 2.75) is 161 Å². The second-order valence-corrected chi connectivity index (χ2v) is 21.1. The molecule has 78 heavy (non-hydrogen) atoms. The molecular weight excluding hydrogens is 1020 g/mol. The molecule has 0 spiro atoms. The molecule has 0 bridgehead atoms. The molecule has 3 aromatic rings. The van der Waals surface area contributed by atoms with E-state index in [4.69, 9.17) is 10.5 Å². The van der Waals surface area contributed by atoms with Gasteiger partial charge in [0, 0.05) is 26.2 Å². The monoisotopic (exact) mass is 1100 g/mol. The summed E-state index contributed by atoms with van der Waals surface area (Å²) < 4.78 is 65.2. The van der Waals surface area contributed by atoms with Gasteiger partial charge < -0.3 is 57.1 Å². The summed E-state index contributed by atoms with van der Waals surface area (Å²) in [6, 6.07) is 19.5. The van der Waals surface area contributed by atoms with Crippen LogP contribution in [0.2, 0.25) is 0 Å². The number of likely N-dealkylation sites (tertiary alicyclic amines) is 2. The zero-order valence-corrected chi connectivity index (χ0v) is 45.6. The van der Waals surface area contributed by atoms with Crippen LogP contribution in [0.3, 0.4) is 0 Å². The lowest BCUT2D eigenvalue weighted by molar-refractivity contribution is -0.170. The average molecular weight is 1100 g/mol. The van der Waals surface area contributed by atoms with Crippen molar-refractivity contribution in [3.8, 4) is 0 Å². The third-order valence-corrected chi connectivity index (χ3v) is 13.8. The summed E-state index contributed by atoms with van der Waals surface area (Å²) in [4.78, 5) is 92.5. The minimum absolute atomic E-state index is 0.00819. The fraction of sp³-hybridized carbons (Fsp3) is 0.554. The van der Waals surface area contributed by atoms with Crippen LogP contribution in [0.25, 0.3) is 0 Å². The number of carbonyl (C=O) groups excluding carboxylic acids is 7. The first-order valence-electron chi connectivity index (χ1n) is 26.4. The Morgan fingerprint density at radius 2 is 0.936 bits per heavy atom. The van der Waals surface area contributed by atoms with E-state index < -0.39 is 108 Å². The van der Waals surface area contributed by atoms with Crippen molar-refractivity contribution in [1.82, 2.24) is 36.4 Å². The van der Waals surface area contributed by atoms with E-state index in [9.17, 15) is 52.6 Å². The molecule has 0 aliphatic carbocycles. The van der Waals surface area contributed by atoms with Gasteiger partial charge in [0.15, 0.2) is 0 Å². The van der Waals surface area contributed by atoms with Gasteiger partial charge in [-0.05, 0) is 66.0 Å². The number of aliphatic hydroxyl groups excluding tert-OH is 2. The summed E-state index contributed by atoms with van der Waals surface area (Å²) in [6.07, 6.45) is -4.13. The SMILES string of the molecule is CC(C)[C@H](NC(=O)C1CCCN1C(=O)[C@@H](N)C(C)C)C(O)C(F)(F)C(=O)NCc1ccccc1.CC(C)[C@H](NC(=O)C1CCCN1C(=O)[C@@H](NC(=O)OCc1ccccc1)C(C)C)C(O)C(F)(F)C(=O)NCc1ccccc1. The average Bonchev–Trinajstić information content (AvgIpc) is 4.13. The fourth-order valence-corrected chi connectivity index (χ4v) is 8.92. The van der Waals surface area contributed by atoms with Crippen molar-refractivity contribution in [2.75, 3.05) is 13.1 Å². The number of rotatable bonds is 23. The van der Waals surface area contributed by atoms with Crippen molar-refractivity contribution in [3.63, 3.8) is 0 Å². The van der Waals surface area contributed by atoms with Gasteiger partial charge in [-0.15, -0.1) is 0 Å². The summed E-state index contributed by atoms with van der Waals surface area (Å²) >= 11 is 0. The summed E-state index contributed by atoms with van der Waals surface area (Å²) in [6.45, 7) is 13.5. The first-order valence-corrected chi connectivity index (χ1v) is 26.4. The minimum Gasteiger partial charge on any atom is -0.445 e. The van der Waals surface area contributed by atoms with Gasteiger partial charge in [0.05, 0.1) is 18.1 Å². The largest absolute Gasteiger partial charge is 0.445 e. The minimum atomic E-state index is -4.21. The Hall–Kier alpha value is -6.65. The Balaban J connectivity index is 0.000000348. The molecular formula is C56H78F4N8O10. The van der Waals surface area contributed by atoms with Crippen molar-refractivity contribution in [3.05, 3.63) is 108 Å². The van der Waals surface area contributed by atoms with Crippen LogP contribution in [0.15, 0.2) is 91.0 Å². The highest BCUT2D eigenvalue weighted by atomic mass is 19.3. The Labute approximate surface area is 454 Å². The van der Waals surface area contributed by atoms with E-state index in [1.54, 1.807) is 126 Å². The smallest absolute Gasteiger partial charge is 0.408 e. The molecule has 2 saturated heterocycles. The maximum absolute atomic E-state index is 15.1. The first-order chi connectivity index (χ1) is 36.7. The second kappa shape index (κ2) is 29.4. The summed E-state index contributed by atoms with van der Waals surface area (Å²) in [5.74, 6) is -15.7. The van der Waals surface area contributed by atoms with Crippen LogP contribution in [0.5, 0.6) is 0 Å². The molecule has 9 N–H and O–H groups in total. The molecule has 22 heteroatoms. The Kier molecular flexibility index (Phi) is 24.0. The van der Waals surface area contributed by atoms with Crippen LogP contribution in [-0.4, -0.2) is 135 Å². The molecule has 4 unspecified atom stereocenters. The maximum Gasteiger partial charge on any atom is 0.408 e. The van der Waals surface area contributed by atoms with Gasteiger partial charge in [-0.1, -0.05) is 146 Å². The molecule has 2 fully saturated rings. The number of halogens is 4. The molecule has 5 rings (SSSR count). The zero-order valence-electron chi connectivity index (χ0n) is 45.6. The molecule has 7 amide bonds. The van der Waals surface area contributed by atoms with Crippen molar-refractivity contribution in [2.24, 2.45) is 29.4 Å². The quantitative estimate of drug-likeness (QED) is 0.0599. The van der Waals surface area contributed by atoms with Gasteiger partial charge in [-0.3, -0.25) is 28.8 Å². The molecule has 0 radical (unpaired) electrons. The second-order valence-electron chi connectivity index (χ2n) is 21.1. The van der Waals surface area contributed by atoms with E-state index in [-0.39, 0.29) is 50.4 Å². The van der Waals surface area contributed by atoms with E-state index in [2.05, 4.69) is 26.6 Å². The third kappa shape index (κ3) is 17.4. The Bertz CT molecular complexity index is 2440. The molecule has 3 aromatic carbocycles. The fourth-order valence-electron chi connectivity index (χ4n) is 8.92. The van der Waals surface area contributed by atoms with Gasteiger partial charge in [-0.2, -0.15) is 17.6 Å². The van der Waals surface area contributed by atoms with Crippen molar-refractivity contribution < 1.29 is 66.1 Å². The summed E-state index contributed by atoms with van der Waals surface area (Å²) in [7, 11) is 0. The molecule has 2 aliphatic heterocycles. The van der Waals surface area contributed by atoms with E-state index >= 15 is 8.78 Å². The maximum atomic E-state index is 15.1. The number of hydrogen-bond acceptors (Lipinski definition) is 11. The number of nitrogens with zero attached hydrogens (tertiary/aromatic N) is 2. The van der Waals surface area contributed by atoms with Gasteiger partial charge in [0.25, 0.3) is 11.8 Å². The third-order valence-electron chi connectivity index (χ3n) is 13.8. The highest BCUT2D eigenvalue weighted by Gasteiger charge is 2.53. The Morgan fingerprint density at radius 3 is 1.29 bits per heavy atom. The number of benzene rings is 3. The van der Waals surface area contributed by atoms with Crippen LogP contribution in [-0.2, 0) is 53.2 Å². The highest BCUT2D eigenvalue weighted by molar-refractivity contribution is 5.93. The molecule has 0 aromatic heterocycles. The first kappa shape index (κ1) is 63.9. The number of nitrogens with one attached hydrogen (secondary N) is 5. The number of nitrogens with two attached hydrogens (primary N) is 1. The number of amides is 7. The lowest BCUT2D eigenvalue weighted by Crippen LogP contribution is -2.61. The molecule has 2 aliphatic rings. The Morgan fingerprint density at radius 1 is 0.564 bits per heavy atom. The number of alkyl carbamates (subject to hydrolysis) is 1. The van der Waals surface area contributed by atoms with E-state index in [1.165, 1.54) is 23.6 Å². The van der Waals surface area contributed by atoms with Crippen molar-refractivity contribution >= 4 is 41.5 Å². The zero-order chi connectivity index (χ0) is 58.1. The number of carbonyl (C=O) groups is 7. The predicted molar refractivity (Wildman–Crippen MR) is 283 cm³/mol. The molecule has 0 saturated carbocycles. The van der Waals surface area contributed by atoms with Crippen LogP contribution in [0.4, 0.5) is 22.4 Å². The van der Waals surface area contributed by atoms with Crippen LogP contribution in [0.1, 0.15) is 97.8 Å². The van der Waals surface area contributed by atoms with E-state index in [1.807, 2.05) is 6.07 Å². The predicted octanol–water partition coefficient (Wildman–Crippen LogP) is 4.80. The molecule has 8 atom stereocenters. The number of hydrogen-bond donors (Lipinski definition) is 8. The lowest BCUT2D eigenvalue weighted by Gasteiger charge is -2.34. The normalized spacial score (nSPS) is 18.0. The standard InChI is InChI=1S/C32H42F2N4O6.C24H36F2N4O4/c1-20(2)25(27(39)32(33,34)30(42)35-18-22-12-7-5-8-13-22)36-28(40)24-16-11-17-38(24)29(41)26(21(3)4)37-31(43)44-19-23-14-9-6-10-15-23;1-14(2)18(27)22(33)30-12-8-11-17(30)21(32)29-19(15(3)4)20(31)24(25,26)23(34)28-13-16-9-6-5-7-10-16/h5-10,12-15,20-21,24-27,39H,11,16-19H2,1-4H3,(H,35,42)(H,36,40)(H,37,43);5-7,9-10,14-15,17-20,31H,8,11-13,27H2,1-4H3,(H,28,34)(H,29,32)/t24?,25-,26-,27?;17?,18-,19-,20?/m00/s1. The van der Waals surface area contributed by atoms with E-state index in [0.717, 1.165) is 5.56 Å². The number of ether oxygens (including phenoxy) is 1. The topological polar surface area (TPSA) is 262 Å². The summed E-state index contributed by atoms with van der Waals surface area (Å²) in [5.41, 5.74) is 7.95. The van der Waals surface area contributed by atoms with Crippen LogP contribution in [0, 0.1) is 23.7 Å². The number of alkyl halides is 4. The van der Waals surface area contributed by atoms with Gasteiger partial charge in [0.1, 0.15) is 36.9 Å². The van der Waals surface area contributed by atoms with Crippen molar-refractivity contribution in [1.29, 1.82) is 0 Å². The number of aliphatic hydroxyl groups is 2. The van der Waals surface area contributed by atoms with E-state index in [0.29, 0.717) is 36.9 Å².